The van der Waals surface area contributed by atoms with Crippen molar-refractivity contribution < 1.29 is 4.39 Å². The molecule has 4 rings (SSSR count). The number of nitrogen functional groups attached to an aromatic ring is 1. The Labute approximate surface area is 233 Å². The third-order valence-corrected chi connectivity index (χ3v) is 7.55. The normalized spacial score (nSPS) is 11.4. The monoisotopic (exact) mass is 539 g/mol. The molecule has 0 aliphatic carbocycles. The zero-order valence-corrected chi connectivity index (χ0v) is 23.5. The number of H-pyrrole nitrogens is 1. The van der Waals surface area contributed by atoms with Crippen LogP contribution in [0.1, 0.15) is 59.2 Å². The number of halogens is 1. The second kappa shape index (κ2) is 12.1. The minimum atomic E-state index is -0.402. The first kappa shape index (κ1) is 27.8. The third-order valence-electron chi connectivity index (χ3n) is 6.27. The van der Waals surface area contributed by atoms with E-state index >= 15 is 4.39 Å². The molecular weight excluding hydrogens is 505 g/mol. The Kier molecular flexibility index (Phi) is 8.62. The van der Waals surface area contributed by atoms with Gasteiger partial charge < -0.3 is 16.0 Å². The molecule has 0 aliphatic heterocycles. The van der Waals surface area contributed by atoms with Crippen molar-refractivity contribution in [3.05, 3.63) is 119 Å². The van der Waals surface area contributed by atoms with E-state index in [1.807, 2.05) is 26.0 Å². The summed E-state index contributed by atoms with van der Waals surface area (Å²) in [6, 6.07) is 9.17. The predicted octanol–water partition coefficient (Wildman–Crippen LogP) is 8.53. The van der Waals surface area contributed by atoms with Crippen LogP contribution in [0.3, 0.4) is 0 Å². The van der Waals surface area contributed by atoms with Gasteiger partial charge in [-0.3, -0.25) is 4.98 Å². The van der Waals surface area contributed by atoms with Crippen molar-refractivity contribution in [3.8, 4) is 11.1 Å². The summed E-state index contributed by atoms with van der Waals surface area (Å²) in [5.41, 5.74) is 13.9. The predicted molar refractivity (Wildman–Crippen MR) is 164 cm³/mol. The van der Waals surface area contributed by atoms with Gasteiger partial charge in [0.05, 0.1) is 17.6 Å². The average molecular weight is 540 g/mol. The Morgan fingerprint density at radius 3 is 2.64 bits per heavy atom. The second-order valence-corrected chi connectivity index (χ2v) is 10.6. The lowest BCUT2D eigenvalue weighted by atomic mass is 10.00. The molecule has 0 aliphatic rings. The summed E-state index contributed by atoms with van der Waals surface area (Å²) in [4.78, 5) is 14.8. The van der Waals surface area contributed by atoms with Crippen LogP contribution in [0.15, 0.2) is 80.3 Å². The number of allylic oxidation sites excluding steroid dienone is 4. The third kappa shape index (κ3) is 6.44. The molecule has 0 spiro atoms. The lowest BCUT2D eigenvalue weighted by Crippen LogP contribution is -2.01. The Bertz CT molecular complexity index is 1570. The van der Waals surface area contributed by atoms with Crippen LogP contribution < -0.4 is 11.1 Å². The number of anilines is 2. The van der Waals surface area contributed by atoms with Gasteiger partial charge in [-0.15, -0.1) is 11.3 Å². The van der Waals surface area contributed by atoms with E-state index < -0.39 is 5.82 Å². The zero-order chi connectivity index (χ0) is 28.1. The van der Waals surface area contributed by atoms with E-state index in [0.717, 1.165) is 67.9 Å². The van der Waals surface area contributed by atoms with Crippen LogP contribution in [0.25, 0.3) is 22.3 Å². The van der Waals surface area contributed by atoms with Crippen molar-refractivity contribution in [1.82, 2.24) is 15.0 Å². The minimum Gasteiger partial charge on any atom is -0.398 e. The van der Waals surface area contributed by atoms with Crippen molar-refractivity contribution in [2.24, 2.45) is 0 Å². The van der Waals surface area contributed by atoms with Gasteiger partial charge in [-0.2, -0.15) is 0 Å². The Morgan fingerprint density at radius 1 is 1.18 bits per heavy atom. The smallest absolute Gasteiger partial charge is 0.133 e. The largest absolute Gasteiger partial charge is 0.398 e. The van der Waals surface area contributed by atoms with Gasteiger partial charge in [0, 0.05) is 56.2 Å². The molecule has 1 aromatic carbocycles. The maximum Gasteiger partial charge on any atom is 0.133 e. The molecule has 0 radical (unpaired) electrons. The molecular formula is C32H34FN5S. The van der Waals surface area contributed by atoms with Gasteiger partial charge in [0.15, 0.2) is 0 Å². The number of thiophene rings is 1. The molecule has 0 unspecified atom stereocenters. The summed E-state index contributed by atoms with van der Waals surface area (Å²) in [5.74, 6) is 0.337. The van der Waals surface area contributed by atoms with Crippen molar-refractivity contribution in [2.75, 3.05) is 11.1 Å². The molecule has 0 fully saturated rings. The van der Waals surface area contributed by atoms with Crippen molar-refractivity contribution >= 4 is 33.9 Å². The van der Waals surface area contributed by atoms with Gasteiger partial charge in [0.25, 0.3) is 0 Å². The summed E-state index contributed by atoms with van der Waals surface area (Å²) in [7, 11) is 0. The van der Waals surface area contributed by atoms with Crippen LogP contribution >= 0.6 is 11.3 Å². The van der Waals surface area contributed by atoms with Crippen LogP contribution in [0.2, 0.25) is 0 Å². The van der Waals surface area contributed by atoms with Crippen LogP contribution in [-0.4, -0.2) is 15.0 Å². The Hall–Kier alpha value is -4.23. The number of aromatic nitrogens is 3. The van der Waals surface area contributed by atoms with E-state index in [1.54, 1.807) is 35.9 Å². The molecule has 0 amide bonds. The van der Waals surface area contributed by atoms with Crippen LogP contribution in [0.5, 0.6) is 0 Å². The summed E-state index contributed by atoms with van der Waals surface area (Å²) in [6.45, 7) is 18.1. The molecule has 0 atom stereocenters. The van der Waals surface area contributed by atoms with Crippen LogP contribution in [0, 0.1) is 12.7 Å². The van der Waals surface area contributed by atoms with Gasteiger partial charge in [-0.05, 0) is 61.7 Å². The van der Waals surface area contributed by atoms with Crippen LogP contribution in [0.4, 0.5) is 15.8 Å². The summed E-state index contributed by atoms with van der Waals surface area (Å²) >= 11 is 1.67. The van der Waals surface area contributed by atoms with E-state index in [-0.39, 0.29) is 0 Å². The van der Waals surface area contributed by atoms with Gasteiger partial charge in [-0.25, -0.2) is 9.37 Å². The number of imidazole rings is 1. The maximum atomic E-state index is 15.1. The topological polar surface area (TPSA) is 79.6 Å². The molecule has 7 heteroatoms. The highest BCUT2D eigenvalue weighted by molar-refractivity contribution is 7.14. The standard InChI is InChI=1S/C32H34FN5S/c1-7-9-20(5)36-24-13-23(17-35-18-24)26-14-22(28(34)16-27(26)33)15-31-37-21(6)32(38-31)25(10-8-2)30-12-11-29(39-30)19(3)4/h8,10-14,16-18,36H,2-3,5,7,9,15,34H2,1,4,6H3,(H,37,38)/b25-10-. The number of nitrogens with one attached hydrogen (secondary N) is 2. The SMILES string of the molecule is C=C/C=C(/c1ccc(C(=C)C)s1)c1nc(Cc2cc(-c3cncc(NC(=C)CCC)c3)c(F)cc2N)[nH]c1C. The number of nitrogens with two attached hydrogens (primary N) is 1. The van der Waals surface area contributed by atoms with Crippen LogP contribution in [-0.2, 0) is 6.42 Å². The lowest BCUT2D eigenvalue weighted by Gasteiger charge is -2.12. The summed E-state index contributed by atoms with van der Waals surface area (Å²) < 4.78 is 15.1. The molecule has 39 heavy (non-hydrogen) atoms. The molecule has 5 nitrogen and oxygen atoms in total. The molecule has 4 N–H and O–H groups in total. The first-order chi connectivity index (χ1) is 18.7. The first-order valence-electron chi connectivity index (χ1n) is 12.8. The number of hydrogen-bond donors (Lipinski definition) is 3. The minimum absolute atomic E-state index is 0.372. The summed E-state index contributed by atoms with van der Waals surface area (Å²) in [6.07, 6.45) is 9.33. The van der Waals surface area contributed by atoms with Crippen molar-refractivity contribution in [2.45, 2.75) is 40.0 Å². The fourth-order valence-electron chi connectivity index (χ4n) is 4.39. The molecule has 200 valence electrons. The number of aromatic amines is 1. The second-order valence-electron chi connectivity index (χ2n) is 9.57. The van der Waals surface area contributed by atoms with E-state index in [4.69, 9.17) is 10.7 Å². The first-order valence-corrected chi connectivity index (χ1v) is 13.6. The van der Waals surface area contributed by atoms with Gasteiger partial charge in [0.1, 0.15) is 11.6 Å². The fraction of sp³-hybridized carbons (Fsp3) is 0.188. The quantitative estimate of drug-likeness (QED) is 0.132. The zero-order valence-electron chi connectivity index (χ0n) is 22.7. The van der Waals surface area contributed by atoms with Crippen molar-refractivity contribution in [3.63, 3.8) is 0 Å². The molecule has 0 bridgehead atoms. The number of aryl methyl sites for hydroxylation is 1. The molecule has 3 aromatic heterocycles. The Balaban J connectivity index is 1.65. The number of hydrogen-bond acceptors (Lipinski definition) is 5. The van der Waals surface area contributed by atoms with Gasteiger partial charge in [0.2, 0.25) is 0 Å². The highest BCUT2D eigenvalue weighted by Gasteiger charge is 2.17. The van der Waals surface area contributed by atoms with E-state index in [0.29, 0.717) is 23.2 Å². The molecule has 0 saturated heterocycles. The number of rotatable bonds is 11. The van der Waals surface area contributed by atoms with Crippen molar-refractivity contribution in [1.29, 1.82) is 0 Å². The highest BCUT2D eigenvalue weighted by Crippen LogP contribution is 2.34. The highest BCUT2D eigenvalue weighted by atomic mass is 32.1. The van der Waals surface area contributed by atoms with Gasteiger partial charge >= 0.3 is 0 Å². The average Bonchev–Trinajstić information content (AvgIpc) is 3.51. The van der Waals surface area contributed by atoms with E-state index in [2.05, 4.69) is 54.1 Å². The lowest BCUT2D eigenvalue weighted by molar-refractivity contribution is 0.631. The molecule has 3 heterocycles. The molecule has 4 aromatic rings. The number of nitrogens with zero attached hydrogens (tertiary/aromatic N) is 2. The molecule has 0 saturated carbocycles. The Morgan fingerprint density at radius 2 is 1.95 bits per heavy atom. The summed E-state index contributed by atoms with van der Waals surface area (Å²) in [5, 5.41) is 3.25. The maximum absolute atomic E-state index is 15.1. The van der Waals surface area contributed by atoms with E-state index in [9.17, 15) is 0 Å². The van der Waals surface area contributed by atoms with Gasteiger partial charge in [-0.1, -0.05) is 45.2 Å². The van der Waals surface area contributed by atoms with E-state index in [1.165, 1.54) is 6.07 Å². The fourth-order valence-corrected chi connectivity index (χ4v) is 5.35. The number of benzene rings is 1. The number of pyridine rings is 1.